The number of benzene rings is 1. The average molecular weight is 305 g/mol. The van der Waals surface area contributed by atoms with Crippen LogP contribution >= 0.6 is 0 Å². The highest BCUT2D eigenvalue weighted by Gasteiger charge is 2.19. The maximum atomic E-state index is 11.9. The molecule has 1 fully saturated rings. The van der Waals surface area contributed by atoms with Crippen LogP contribution in [0, 0.1) is 6.92 Å². The number of nitrogens with one attached hydrogen (secondary N) is 1. The van der Waals surface area contributed by atoms with Gasteiger partial charge in [0.1, 0.15) is 0 Å². The van der Waals surface area contributed by atoms with Crippen LogP contribution < -0.4 is 10.2 Å². The smallest absolute Gasteiger partial charge is 0.234 e. The van der Waals surface area contributed by atoms with Crippen LogP contribution in [-0.2, 0) is 9.53 Å². The van der Waals surface area contributed by atoms with E-state index in [-0.39, 0.29) is 5.91 Å². The monoisotopic (exact) mass is 305 g/mol. The Morgan fingerprint density at radius 2 is 2.05 bits per heavy atom. The Morgan fingerprint density at radius 1 is 1.27 bits per heavy atom. The molecule has 1 aliphatic heterocycles. The summed E-state index contributed by atoms with van der Waals surface area (Å²) in [6.07, 6.45) is 0.864. The van der Waals surface area contributed by atoms with Gasteiger partial charge in [-0.1, -0.05) is 12.1 Å². The van der Waals surface area contributed by atoms with Crippen LogP contribution in [0.1, 0.15) is 12.0 Å². The molecule has 1 aromatic carbocycles. The van der Waals surface area contributed by atoms with E-state index in [4.69, 9.17) is 4.74 Å². The Bertz CT molecular complexity index is 471. The van der Waals surface area contributed by atoms with Crippen molar-refractivity contribution in [2.24, 2.45) is 0 Å². The number of anilines is 1. The number of ether oxygens (including phenoxy) is 1. The second-order valence-corrected chi connectivity index (χ2v) is 5.80. The van der Waals surface area contributed by atoms with E-state index >= 15 is 0 Å². The summed E-state index contributed by atoms with van der Waals surface area (Å²) in [7, 11) is 1.68. The molecule has 0 aromatic heterocycles. The molecule has 1 saturated heterocycles. The average Bonchev–Trinajstić information content (AvgIpc) is 2.52. The normalized spacial score (nSPS) is 15.8. The molecule has 1 N–H and O–H groups in total. The molecule has 0 atom stereocenters. The summed E-state index contributed by atoms with van der Waals surface area (Å²) >= 11 is 0. The number of aryl methyl sites for hydroxylation is 1. The van der Waals surface area contributed by atoms with Crippen molar-refractivity contribution in [1.82, 2.24) is 10.2 Å². The molecule has 0 radical (unpaired) electrons. The number of hydrogen-bond acceptors (Lipinski definition) is 4. The van der Waals surface area contributed by atoms with Crippen LogP contribution in [0.3, 0.4) is 0 Å². The molecule has 5 nitrogen and oxygen atoms in total. The second kappa shape index (κ2) is 8.76. The molecule has 1 aliphatic rings. The van der Waals surface area contributed by atoms with E-state index in [0.29, 0.717) is 19.7 Å². The first-order chi connectivity index (χ1) is 10.7. The predicted octanol–water partition coefficient (Wildman–Crippen LogP) is 1.27. The van der Waals surface area contributed by atoms with Crippen LogP contribution in [0.2, 0.25) is 0 Å². The van der Waals surface area contributed by atoms with Crippen molar-refractivity contribution in [3.63, 3.8) is 0 Å². The number of amides is 1. The Kier molecular flexibility index (Phi) is 6.68. The zero-order chi connectivity index (χ0) is 15.8. The quantitative estimate of drug-likeness (QED) is 0.771. The van der Waals surface area contributed by atoms with Crippen molar-refractivity contribution < 1.29 is 9.53 Å². The van der Waals surface area contributed by atoms with Gasteiger partial charge < -0.3 is 15.0 Å². The summed E-state index contributed by atoms with van der Waals surface area (Å²) in [4.78, 5) is 16.5. The zero-order valence-corrected chi connectivity index (χ0v) is 13.7. The van der Waals surface area contributed by atoms with Crippen LogP contribution in [0.15, 0.2) is 24.3 Å². The Labute approximate surface area is 133 Å². The van der Waals surface area contributed by atoms with E-state index in [1.54, 1.807) is 7.11 Å². The van der Waals surface area contributed by atoms with E-state index < -0.39 is 0 Å². The molecule has 1 heterocycles. The van der Waals surface area contributed by atoms with Gasteiger partial charge in [0.15, 0.2) is 0 Å². The number of hydrogen-bond donors (Lipinski definition) is 1. The van der Waals surface area contributed by atoms with Gasteiger partial charge in [-0.2, -0.15) is 0 Å². The molecule has 22 heavy (non-hydrogen) atoms. The van der Waals surface area contributed by atoms with E-state index in [9.17, 15) is 4.79 Å². The first-order valence-corrected chi connectivity index (χ1v) is 7.98. The highest BCUT2D eigenvalue weighted by Crippen LogP contribution is 2.17. The largest absolute Gasteiger partial charge is 0.385 e. The number of rotatable bonds is 7. The third-order valence-electron chi connectivity index (χ3n) is 3.95. The minimum absolute atomic E-state index is 0.111. The predicted molar refractivity (Wildman–Crippen MR) is 89.3 cm³/mol. The fraction of sp³-hybridized carbons (Fsp3) is 0.588. The standard InChI is InChI=1S/C17H27N3O2/c1-15-5-3-6-16(13-15)20-10-8-19(9-11-20)14-17(21)18-7-4-12-22-2/h3,5-6,13H,4,7-12,14H2,1-2H3,(H,18,21). The van der Waals surface area contributed by atoms with Gasteiger partial charge in [0, 0.05) is 52.1 Å². The third kappa shape index (κ3) is 5.31. The summed E-state index contributed by atoms with van der Waals surface area (Å²) < 4.78 is 4.97. The molecule has 0 spiro atoms. The molecule has 122 valence electrons. The van der Waals surface area contributed by atoms with Crippen LogP contribution in [-0.4, -0.2) is 63.8 Å². The fourth-order valence-electron chi connectivity index (χ4n) is 2.69. The molecule has 1 aromatic rings. The van der Waals surface area contributed by atoms with Gasteiger partial charge in [0.05, 0.1) is 6.54 Å². The van der Waals surface area contributed by atoms with Gasteiger partial charge in [-0.25, -0.2) is 0 Å². The van der Waals surface area contributed by atoms with E-state index in [2.05, 4.69) is 46.3 Å². The Hall–Kier alpha value is -1.59. The molecule has 2 rings (SSSR count). The number of carbonyl (C=O) groups is 1. The molecule has 0 aliphatic carbocycles. The molecule has 0 unspecified atom stereocenters. The van der Waals surface area contributed by atoms with E-state index in [0.717, 1.165) is 32.6 Å². The van der Waals surface area contributed by atoms with Crippen LogP contribution in [0.5, 0.6) is 0 Å². The topological polar surface area (TPSA) is 44.8 Å². The SMILES string of the molecule is COCCCNC(=O)CN1CCN(c2cccc(C)c2)CC1. The summed E-state index contributed by atoms with van der Waals surface area (Å²) in [5.74, 6) is 0.111. The van der Waals surface area contributed by atoms with E-state index in [1.165, 1.54) is 11.3 Å². The van der Waals surface area contributed by atoms with Crippen molar-refractivity contribution in [2.75, 3.05) is 57.9 Å². The lowest BCUT2D eigenvalue weighted by Gasteiger charge is -2.35. The van der Waals surface area contributed by atoms with Crippen molar-refractivity contribution in [3.8, 4) is 0 Å². The van der Waals surface area contributed by atoms with Gasteiger partial charge >= 0.3 is 0 Å². The molecule has 0 saturated carbocycles. The number of methoxy groups -OCH3 is 1. The first-order valence-electron chi connectivity index (χ1n) is 7.98. The fourth-order valence-corrected chi connectivity index (χ4v) is 2.69. The lowest BCUT2D eigenvalue weighted by molar-refractivity contribution is -0.122. The summed E-state index contributed by atoms with van der Waals surface area (Å²) in [5, 5.41) is 2.94. The van der Waals surface area contributed by atoms with Gasteiger partial charge in [0.2, 0.25) is 5.91 Å². The minimum atomic E-state index is 0.111. The third-order valence-corrected chi connectivity index (χ3v) is 3.95. The Morgan fingerprint density at radius 3 is 2.73 bits per heavy atom. The lowest BCUT2D eigenvalue weighted by Crippen LogP contribution is -2.49. The molecule has 1 amide bonds. The van der Waals surface area contributed by atoms with E-state index in [1.807, 2.05) is 0 Å². The lowest BCUT2D eigenvalue weighted by atomic mass is 10.2. The maximum Gasteiger partial charge on any atom is 0.234 e. The number of piperazine rings is 1. The van der Waals surface area contributed by atoms with Gasteiger partial charge in [0.25, 0.3) is 0 Å². The molecular weight excluding hydrogens is 278 g/mol. The number of nitrogens with zero attached hydrogens (tertiary/aromatic N) is 2. The zero-order valence-electron chi connectivity index (χ0n) is 13.7. The van der Waals surface area contributed by atoms with Gasteiger partial charge in [-0.05, 0) is 31.0 Å². The molecular formula is C17H27N3O2. The molecule has 0 bridgehead atoms. The summed E-state index contributed by atoms with van der Waals surface area (Å²) in [6.45, 7) is 7.80. The highest BCUT2D eigenvalue weighted by atomic mass is 16.5. The summed E-state index contributed by atoms with van der Waals surface area (Å²) in [6, 6.07) is 8.60. The van der Waals surface area contributed by atoms with Crippen LogP contribution in [0.25, 0.3) is 0 Å². The minimum Gasteiger partial charge on any atom is -0.385 e. The first kappa shape index (κ1) is 16.8. The van der Waals surface area contributed by atoms with Crippen LogP contribution in [0.4, 0.5) is 5.69 Å². The van der Waals surface area contributed by atoms with Crippen molar-refractivity contribution in [1.29, 1.82) is 0 Å². The highest BCUT2D eigenvalue weighted by molar-refractivity contribution is 5.78. The second-order valence-electron chi connectivity index (χ2n) is 5.80. The van der Waals surface area contributed by atoms with Crippen molar-refractivity contribution in [3.05, 3.63) is 29.8 Å². The Balaban J connectivity index is 1.69. The summed E-state index contributed by atoms with van der Waals surface area (Å²) in [5.41, 5.74) is 2.57. The maximum absolute atomic E-state index is 11.9. The van der Waals surface area contributed by atoms with Crippen molar-refractivity contribution in [2.45, 2.75) is 13.3 Å². The van der Waals surface area contributed by atoms with Gasteiger partial charge in [-0.3, -0.25) is 9.69 Å². The number of carbonyl (C=O) groups excluding carboxylic acids is 1. The van der Waals surface area contributed by atoms with Crippen molar-refractivity contribution >= 4 is 11.6 Å². The molecule has 5 heteroatoms. The van der Waals surface area contributed by atoms with Gasteiger partial charge in [-0.15, -0.1) is 0 Å².